The van der Waals surface area contributed by atoms with Gasteiger partial charge in [-0.15, -0.1) is 0 Å². The van der Waals surface area contributed by atoms with Gasteiger partial charge in [0.15, 0.2) is 0 Å². The highest BCUT2D eigenvalue weighted by Crippen LogP contribution is 2.36. The Morgan fingerprint density at radius 3 is 2.67 bits per heavy atom. The van der Waals surface area contributed by atoms with E-state index in [1.165, 1.54) is 57.8 Å². The molecule has 2 atom stereocenters. The molecule has 1 saturated heterocycles. The number of nitrogens with one attached hydrogen (secondary N) is 1. The average molecular weight is 330 g/mol. The van der Waals surface area contributed by atoms with E-state index >= 15 is 0 Å². The van der Waals surface area contributed by atoms with Crippen molar-refractivity contribution in [3.63, 3.8) is 0 Å². The Morgan fingerprint density at radius 1 is 1.08 bits per heavy atom. The van der Waals surface area contributed by atoms with E-state index in [4.69, 9.17) is 0 Å². The predicted molar refractivity (Wildman–Crippen MR) is 94.9 cm³/mol. The Labute approximate surface area is 144 Å². The molecule has 0 bridgehead atoms. The molecule has 2 aliphatic carbocycles. The summed E-state index contributed by atoms with van der Waals surface area (Å²) < 4.78 is 2.03. The van der Waals surface area contributed by atoms with Crippen LogP contribution in [0.1, 0.15) is 63.8 Å². The van der Waals surface area contributed by atoms with E-state index in [2.05, 4.69) is 15.3 Å². The molecule has 24 heavy (non-hydrogen) atoms. The first-order chi connectivity index (χ1) is 11.8. The smallest absolute Gasteiger partial charge is 0.239 e. The summed E-state index contributed by atoms with van der Waals surface area (Å²) in [5.41, 5.74) is 0. The average Bonchev–Trinajstić information content (AvgIpc) is 3.25. The fourth-order valence-corrected chi connectivity index (χ4v) is 5.06. The zero-order chi connectivity index (χ0) is 16.4. The first-order valence-corrected chi connectivity index (χ1v) is 9.85. The van der Waals surface area contributed by atoms with E-state index in [1.807, 2.05) is 10.7 Å². The first kappa shape index (κ1) is 16.1. The molecule has 1 aromatic rings. The molecule has 2 heterocycles. The van der Waals surface area contributed by atoms with Gasteiger partial charge in [-0.1, -0.05) is 32.1 Å². The number of fused-ring (bicyclic) bond motifs is 1. The summed E-state index contributed by atoms with van der Waals surface area (Å²) in [6.45, 7) is 2.72. The highest BCUT2D eigenvalue weighted by atomic mass is 16.2. The van der Waals surface area contributed by atoms with Crippen molar-refractivity contribution in [1.29, 1.82) is 0 Å². The van der Waals surface area contributed by atoms with Crippen LogP contribution in [0.15, 0.2) is 12.3 Å². The van der Waals surface area contributed by atoms with Crippen LogP contribution in [0.2, 0.25) is 0 Å². The molecule has 5 nitrogen and oxygen atoms in total. The van der Waals surface area contributed by atoms with Gasteiger partial charge in [-0.05, 0) is 44.1 Å². The number of rotatable bonds is 4. The summed E-state index contributed by atoms with van der Waals surface area (Å²) in [7, 11) is 0. The molecule has 0 aromatic carbocycles. The molecular weight excluding hydrogens is 300 g/mol. The summed E-state index contributed by atoms with van der Waals surface area (Å²) >= 11 is 0. The van der Waals surface area contributed by atoms with Crippen LogP contribution in [0.4, 0.5) is 5.82 Å². The SMILES string of the molecule is O=C(CN1CC[C@@H]2CCCC[C@H]2C1)Nc1ccnn1C1CCCC1. The lowest BCUT2D eigenvalue weighted by Gasteiger charge is -2.41. The summed E-state index contributed by atoms with van der Waals surface area (Å²) in [4.78, 5) is 14.9. The van der Waals surface area contributed by atoms with E-state index in [1.54, 1.807) is 6.20 Å². The second kappa shape index (κ2) is 7.26. The number of carbonyl (C=O) groups is 1. The number of piperidine rings is 1. The van der Waals surface area contributed by atoms with E-state index < -0.39 is 0 Å². The summed E-state index contributed by atoms with van der Waals surface area (Å²) in [5.74, 6) is 2.73. The summed E-state index contributed by atoms with van der Waals surface area (Å²) in [5, 5.41) is 7.55. The fraction of sp³-hybridized carbons (Fsp3) is 0.789. The maximum absolute atomic E-state index is 12.5. The number of nitrogens with zero attached hydrogens (tertiary/aromatic N) is 3. The molecule has 0 spiro atoms. The van der Waals surface area contributed by atoms with E-state index in [-0.39, 0.29) is 5.91 Å². The van der Waals surface area contributed by atoms with Crippen LogP contribution in [0, 0.1) is 11.8 Å². The third-order valence-electron chi connectivity index (χ3n) is 6.35. The van der Waals surface area contributed by atoms with Crippen LogP contribution < -0.4 is 5.32 Å². The molecule has 5 heteroatoms. The summed E-state index contributed by atoms with van der Waals surface area (Å²) in [6, 6.07) is 2.40. The van der Waals surface area contributed by atoms with Crippen molar-refractivity contribution in [2.24, 2.45) is 11.8 Å². The number of likely N-dealkylation sites (tertiary alicyclic amines) is 1. The van der Waals surface area contributed by atoms with Gasteiger partial charge in [-0.2, -0.15) is 5.10 Å². The van der Waals surface area contributed by atoms with Gasteiger partial charge in [-0.3, -0.25) is 9.69 Å². The minimum absolute atomic E-state index is 0.115. The second-order valence-corrected chi connectivity index (χ2v) is 7.98. The number of aromatic nitrogens is 2. The monoisotopic (exact) mass is 330 g/mol. The van der Waals surface area contributed by atoms with Gasteiger partial charge < -0.3 is 5.32 Å². The van der Waals surface area contributed by atoms with Crippen molar-refractivity contribution < 1.29 is 4.79 Å². The van der Waals surface area contributed by atoms with Gasteiger partial charge in [-0.25, -0.2) is 4.68 Å². The zero-order valence-corrected chi connectivity index (χ0v) is 14.6. The van der Waals surface area contributed by atoms with Crippen LogP contribution in [-0.2, 0) is 4.79 Å². The van der Waals surface area contributed by atoms with Crippen LogP contribution in [-0.4, -0.2) is 40.2 Å². The Morgan fingerprint density at radius 2 is 1.83 bits per heavy atom. The van der Waals surface area contributed by atoms with E-state index in [0.29, 0.717) is 12.6 Å². The molecule has 1 aromatic heterocycles. The van der Waals surface area contributed by atoms with Gasteiger partial charge in [0, 0.05) is 12.6 Å². The van der Waals surface area contributed by atoms with Crippen LogP contribution in [0.5, 0.6) is 0 Å². The third-order valence-corrected chi connectivity index (χ3v) is 6.35. The quantitative estimate of drug-likeness (QED) is 0.920. The van der Waals surface area contributed by atoms with Gasteiger partial charge >= 0.3 is 0 Å². The fourth-order valence-electron chi connectivity index (χ4n) is 5.06. The Hall–Kier alpha value is -1.36. The molecule has 4 rings (SSSR count). The van der Waals surface area contributed by atoms with Gasteiger partial charge in [0.1, 0.15) is 5.82 Å². The minimum atomic E-state index is 0.115. The molecule has 0 unspecified atom stereocenters. The highest BCUT2D eigenvalue weighted by molar-refractivity contribution is 5.91. The van der Waals surface area contributed by atoms with E-state index in [0.717, 1.165) is 30.7 Å². The van der Waals surface area contributed by atoms with Crippen molar-refractivity contribution in [2.75, 3.05) is 25.0 Å². The van der Waals surface area contributed by atoms with Crippen molar-refractivity contribution in [1.82, 2.24) is 14.7 Å². The van der Waals surface area contributed by atoms with E-state index in [9.17, 15) is 4.79 Å². The lowest BCUT2D eigenvalue weighted by molar-refractivity contribution is -0.118. The molecule has 3 fully saturated rings. The summed E-state index contributed by atoms with van der Waals surface area (Å²) in [6.07, 6.45) is 13.5. The Balaban J connectivity index is 1.31. The van der Waals surface area contributed by atoms with Gasteiger partial charge in [0.2, 0.25) is 5.91 Å². The van der Waals surface area contributed by atoms with Crippen molar-refractivity contribution in [2.45, 2.75) is 63.8 Å². The number of hydrogen-bond acceptors (Lipinski definition) is 3. The second-order valence-electron chi connectivity index (χ2n) is 7.98. The first-order valence-electron chi connectivity index (χ1n) is 9.85. The number of hydrogen-bond donors (Lipinski definition) is 1. The molecule has 1 amide bonds. The minimum Gasteiger partial charge on any atom is -0.310 e. The highest BCUT2D eigenvalue weighted by Gasteiger charge is 2.31. The molecule has 132 valence electrons. The van der Waals surface area contributed by atoms with Crippen LogP contribution in [0.25, 0.3) is 0 Å². The molecule has 3 aliphatic rings. The molecule has 0 radical (unpaired) electrons. The largest absolute Gasteiger partial charge is 0.310 e. The molecular formula is C19H30N4O. The van der Waals surface area contributed by atoms with Crippen molar-refractivity contribution >= 4 is 11.7 Å². The topological polar surface area (TPSA) is 50.2 Å². The normalized spacial score (nSPS) is 28.7. The van der Waals surface area contributed by atoms with Crippen LogP contribution >= 0.6 is 0 Å². The van der Waals surface area contributed by atoms with Crippen molar-refractivity contribution in [3.05, 3.63) is 12.3 Å². The lowest BCUT2D eigenvalue weighted by Crippen LogP contribution is -2.45. The van der Waals surface area contributed by atoms with Gasteiger partial charge in [0.25, 0.3) is 0 Å². The Bertz CT molecular complexity index is 563. The van der Waals surface area contributed by atoms with Gasteiger partial charge in [0.05, 0.1) is 18.8 Å². The number of carbonyl (C=O) groups excluding carboxylic acids is 1. The predicted octanol–water partition coefficient (Wildman–Crippen LogP) is 3.45. The van der Waals surface area contributed by atoms with Crippen LogP contribution in [0.3, 0.4) is 0 Å². The third kappa shape index (κ3) is 3.51. The molecule has 2 saturated carbocycles. The number of anilines is 1. The Kier molecular flexibility index (Phi) is 4.88. The lowest BCUT2D eigenvalue weighted by atomic mass is 9.75. The molecule has 1 N–H and O–H groups in total. The maximum Gasteiger partial charge on any atom is 0.239 e. The zero-order valence-electron chi connectivity index (χ0n) is 14.6. The molecule has 1 aliphatic heterocycles. The van der Waals surface area contributed by atoms with Crippen molar-refractivity contribution in [3.8, 4) is 0 Å². The maximum atomic E-state index is 12.5. The standard InChI is InChI=1S/C19H30N4O/c24-19(14-22-12-10-15-5-1-2-6-16(15)13-22)21-18-9-11-20-23(18)17-7-3-4-8-17/h9,11,15-17H,1-8,10,12-14H2,(H,21,24)/t15-,16-/m0/s1. The number of amides is 1.